The molecule has 40 heavy (non-hydrogen) atoms. The van der Waals surface area contributed by atoms with Crippen molar-refractivity contribution in [1.82, 2.24) is 19.9 Å². The van der Waals surface area contributed by atoms with Crippen LogP contribution in [0.2, 0.25) is 0 Å². The molecule has 0 radical (unpaired) electrons. The van der Waals surface area contributed by atoms with Crippen LogP contribution in [0, 0.1) is 13.8 Å². The Hall–Kier alpha value is -3.41. The van der Waals surface area contributed by atoms with Crippen molar-refractivity contribution >= 4 is 11.6 Å². The van der Waals surface area contributed by atoms with E-state index in [-0.39, 0.29) is 38.1 Å². The van der Waals surface area contributed by atoms with Crippen LogP contribution in [-0.4, -0.2) is 31.5 Å². The van der Waals surface area contributed by atoms with Crippen LogP contribution in [0.15, 0.2) is 73.1 Å². The Labute approximate surface area is 252 Å². The number of hydrogen-bond donors (Lipinski definition) is 0. The van der Waals surface area contributed by atoms with E-state index in [1.54, 1.807) is 0 Å². The van der Waals surface area contributed by atoms with Gasteiger partial charge in [-0.2, -0.15) is 0 Å². The van der Waals surface area contributed by atoms with Gasteiger partial charge in [0.15, 0.2) is 0 Å². The molecule has 210 valence electrons. The zero-order valence-corrected chi connectivity index (χ0v) is 27.1. The van der Waals surface area contributed by atoms with Gasteiger partial charge >= 0.3 is 20.1 Å². The van der Waals surface area contributed by atoms with E-state index in [0.717, 1.165) is 45.3 Å². The maximum absolute atomic E-state index is 10.0. The first-order valence-corrected chi connectivity index (χ1v) is 13.3. The van der Waals surface area contributed by atoms with E-state index in [4.69, 9.17) is 0 Å². The minimum Gasteiger partial charge on any atom is -0.300 e. The van der Waals surface area contributed by atoms with E-state index in [1.807, 2.05) is 62.6 Å². The minimum absolute atomic E-state index is 0. The molecular formula is C33H40IrN4O2+3. The Morgan fingerprint density at radius 3 is 1.18 bits per heavy atom. The number of nitrogens with zero attached hydrogens (tertiary/aromatic N) is 4. The molecule has 2 heterocycles. The molecule has 0 amide bonds. The molecule has 0 saturated carbocycles. The molecule has 0 N–H and O–H groups in total. The van der Waals surface area contributed by atoms with Crippen molar-refractivity contribution in [3.05, 3.63) is 95.8 Å². The molecule has 4 rings (SSSR count). The van der Waals surface area contributed by atoms with Gasteiger partial charge in [0.2, 0.25) is 0 Å². The van der Waals surface area contributed by atoms with Gasteiger partial charge in [-0.25, -0.2) is 0 Å². The molecule has 2 aromatic heterocycles. The smallest absolute Gasteiger partial charge is 0.300 e. The van der Waals surface area contributed by atoms with E-state index >= 15 is 0 Å². The number of carbonyl (C=O) groups excluding carboxylic acids is 2. The average molecular weight is 717 g/mol. The number of aromatic nitrogens is 4. The number of hydrogen-bond acceptors (Lipinski definition) is 6. The Kier molecular flexibility index (Phi) is 15.0. The largest absolute Gasteiger partial charge is 3.00 e. The molecule has 0 bridgehead atoms. The Morgan fingerprint density at radius 2 is 0.950 bits per heavy atom. The van der Waals surface area contributed by atoms with E-state index in [2.05, 4.69) is 71.9 Å². The maximum Gasteiger partial charge on any atom is 3.00 e. The third-order valence-corrected chi connectivity index (χ3v) is 5.71. The zero-order chi connectivity index (χ0) is 28.9. The van der Waals surface area contributed by atoms with Crippen LogP contribution in [-0.2, 0) is 29.7 Å². The molecule has 6 nitrogen and oxygen atoms in total. The molecule has 0 spiro atoms. The second-order valence-corrected chi connectivity index (χ2v) is 10.1. The summed E-state index contributed by atoms with van der Waals surface area (Å²) in [5, 5.41) is 0. The number of carbonyl (C=O) groups is 2. The fourth-order valence-electron chi connectivity index (χ4n) is 3.66. The molecule has 0 aliphatic rings. The molecule has 0 unspecified atom stereocenters. The van der Waals surface area contributed by atoms with Crippen molar-refractivity contribution in [3.63, 3.8) is 0 Å². The van der Waals surface area contributed by atoms with Gasteiger partial charge in [0.05, 0.1) is 40.6 Å². The van der Waals surface area contributed by atoms with Crippen molar-refractivity contribution in [2.45, 2.75) is 73.6 Å². The summed E-state index contributed by atoms with van der Waals surface area (Å²) in [5.41, 5.74) is 8.31. The first-order chi connectivity index (χ1) is 18.5. The normalized spacial score (nSPS) is 10.1. The number of Topliss-reactive ketones (excluding diaryl/α,β-unsaturated/α-hetero) is 2. The molecule has 0 atom stereocenters. The predicted octanol–water partition coefficient (Wildman–Crippen LogP) is 7.70. The third-order valence-electron chi connectivity index (χ3n) is 5.71. The predicted molar refractivity (Wildman–Crippen MR) is 159 cm³/mol. The quantitative estimate of drug-likeness (QED) is 0.190. The van der Waals surface area contributed by atoms with Crippen LogP contribution < -0.4 is 0 Å². The Morgan fingerprint density at radius 1 is 0.625 bits per heavy atom. The van der Waals surface area contributed by atoms with Gasteiger partial charge in [-0.15, -0.1) is 0 Å². The van der Waals surface area contributed by atoms with E-state index in [0.29, 0.717) is 11.8 Å². The van der Waals surface area contributed by atoms with Crippen LogP contribution in [0.4, 0.5) is 0 Å². The van der Waals surface area contributed by atoms with Crippen LogP contribution in [0.5, 0.6) is 0 Å². The molecular weight excluding hydrogens is 677 g/mol. The Balaban J connectivity index is 0.000000320. The third kappa shape index (κ3) is 11.4. The topological polar surface area (TPSA) is 85.7 Å². The summed E-state index contributed by atoms with van der Waals surface area (Å²) in [4.78, 5) is 38.3. The fraction of sp³-hybridized carbons (Fsp3) is 0.333. The average Bonchev–Trinajstić information content (AvgIpc) is 2.89. The summed E-state index contributed by atoms with van der Waals surface area (Å²) in [6.45, 7) is 15.4. The van der Waals surface area contributed by atoms with Gasteiger partial charge in [0.1, 0.15) is 11.6 Å². The zero-order valence-electron chi connectivity index (χ0n) is 24.7. The summed E-state index contributed by atoms with van der Waals surface area (Å²) in [5.74, 6) is 0.729. The van der Waals surface area contributed by atoms with Gasteiger partial charge in [-0.05, 0) is 39.5 Å². The number of ketones is 2. The van der Waals surface area contributed by atoms with Crippen LogP contribution in [0.25, 0.3) is 22.5 Å². The number of benzene rings is 2. The molecule has 0 aliphatic carbocycles. The van der Waals surface area contributed by atoms with Crippen molar-refractivity contribution in [1.29, 1.82) is 0 Å². The second kappa shape index (κ2) is 17.3. The SMILES string of the molecule is CC(=O)CC(C)=O.Cc1nc(C(C)C)cnc1-c1ccccc1.Cc1nc(C(C)C)cnc1-c1ccccc1.[Ir+3]. The number of rotatable bonds is 6. The van der Waals surface area contributed by atoms with Crippen molar-refractivity contribution in [3.8, 4) is 22.5 Å². The molecule has 0 fully saturated rings. The molecule has 2 aromatic carbocycles. The number of aryl methyl sites for hydroxylation is 2. The van der Waals surface area contributed by atoms with Gasteiger partial charge in [0.25, 0.3) is 0 Å². The van der Waals surface area contributed by atoms with E-state index in [1.165, 1.54) is 13.8 Å². The molecule has 0 aliphatic heterocycles. The molecule has 7 heteroatoms. The van der Waals surface area contributed by atoms with Crippen molar-refractivity contribution in [2.75, 3.05) is 0 Å². The first-order valence-electron chi connectivity index (χ1n) is 13.3. The molecule has 4 aromatic rings. The summed E-state index contributed by atoms with van der Waals surface area (Å²) in [6.07, 6.45) is 3.83. The fourth-order valence-corrected chi connectivity index (χ4v) is 3.66. The van der Waals surface area contributed by atoms with Crippen LogP contribution in [0.1, 0.15) is 82.6 Å². The summed E-state index contributed by atoms with van der Waals surface area (Å²) in [7, 11) is 0. The standard InChI is InChI=1S/2C14H16N2.C5H8O2.Ir/c2*1-10(2)13-9-15-14(11(3)16-13)12-7-5-4-6-8-12;1-4(6)3-5(2)7;/h2*4-10H,1-3H3;3H2,1-2H3;/q;;;+3. The summed E-state index contributed by atoms with van der Waals surface area (Å²) >= 11 is 0. The van der Waals surface area contributed by atoms with Crippen LogP contribution in [0.3, 0.4) is 0 Å². The summed E-state index contributed by atoms with van der Waals surface area (Å²) < 4.78 is 0. The van der Waals surface area contributed by atoms with Gasteiger partial charge < -0.3 is 0 Å². The van der Waals surface area contributed by atoms with E-state index in [9.17, 15) is 9.59 Å². The maximum atomic E-state index is 10.0. The molecule has 0 saturated heterocycles. The van der Waals surface area contributed by atoms with Gasteiger partial charge in [-0.1, -0.05) is 88.4 Å². The van der Waals surface area contributed by atoms with Crippen LogP contribution >= 0.6 is 0 Å². The Bertz CT molecular complexity index is 1250. The van der Waals surface area contributed by atoms with E-state index < -0.39 is 0 Å². The second-order valence-electron chi connectivity index (χ2n) is 10.1. The first kappa shape index (κ1) is 34.6. The van der Waals surface area contributed by atoms with Crippen molar-refractivity contribution < 1.29 is 29.7 Å². The minimum atomic E-state index is -0.0625. The monoisotopic (exact) mass is 717 g/mol. The summed E-state index contributed by atoms with van der Waals surface area (Å²) in [6, 6.07) is 20.3. The van der Waals surface area contributed by atoms with Gasteiger partial charge in [-0.3, -0.25) is 29.5 Å². The van der Waals surface area contributed by atoms with Gasteiger partial charge in [0, 0.05) is 23.5 Å². The van der Waals surface area contributed by atoms with Crippen molar-refractivity contribution in [2.24, 2.45) is 0 Å².